The van der Waals surface area contributed by atoms with Gasteiger partial charge in [0, 0.05) is 10.9 Å². The number of thiazole rings is 1. The van der Waals surface area contributed by atoms with Crippen LogP contribution in [-0.2, 0) is 11.3 Å². The summed E-state index contributed by atoms with van der Waals surface area (Å²) in [6, 6.07) is 9.82. The number of hydrogen-bond acceptors (Lipinski definition) is 7. The molecular weight excluding hydrogens is 372 g/mol. The number of nitrogens with zero attached hydrogens (tertiary/aromatic N) is 3. The number of benzene rings is 1. The molecule has 0 spiro atoms. The Hall–Kier alpha value is -3.00. The second kappa shape index (κ2) is 7.93. The number of anilines is 3. The van der Waals surface area contributed by atoms with Gasteiger partial charge < -0.3 is 16.0 Å². The zero-order chi connectivity index (χ0) is 19.5. The van der Waals surface area contributed by atoms with Crippen molar-refractivity contribution in [2.24, 2.45) is 5.92 Å². The lowest BCUT2D eigenvalue weighted by Gasteiger charge is -2.27. The Bertz CT molecular complexity index is 972. The van der Waals surface area contributed by atoms with Gasteiger partial charge >= 0.3 is 0 Å². The Labute approximate surface area is 167 Å². The van der Waals surface area contributed by atoms with Crippen molar-refractivity contribution >= 4 is 34.6 Å². The van der Waals surface area contributed by atoms with Crippen molar-refractivity contribution in [3.8, 4) is 10.6 Å². The zero-order valence-corrected chi connectivity index (χ0v) is 16.6. The average Bonchev–Trinajstić information content (AvgIpc) is 3.16. The summed E-state index contributed by atoms with van der Waals surface area (Å²) in [4.78, 5) is 25.7. The van der Waals surface area contributed by atoms with Gasteiger partial charge in [0.1, 0.15) is 23.1 Å². The lowest BCUT2D eigenvalue weighted by molar-refractivity contribution is -0.117. The first-order chi connectivity index (χ1) is 13.6. The van der Waals surface area contributed by atoms with Crippen LogP contribution in [0.1, 0.15) is 26.0 Å². The van der Waals surface area contributed by atoms with Crippen LogP contribution >= 0.6 is 11.3 Å². The smallest absolute Gasteiger partial charge is 0.247 e. The first-order valence-electron chi connectivity index (χ1n) is 9.26. The first kappa shape index (κ1) is 18.4. The predicted octanol–water partition coefficient (Wildman–Crippen LogP) is 3.99. The Morgan fingerprint density at radius 1 is 1.21 bits per heavy atom. The summed E-state index contributed by atoms with van der Waals surface area (Å²) >= 11 is 1.61. The molecule has 3 N–H and O–H groups in total. The van der Waals surface area contributed by atoms with Crippen molar-refractivity contribution in [1.29, 1.82) is 0 Å². The van der Waals surface area contributed by atoms with Gasteiger partial charge in [-0.05, 0) is 12.3 Å². The van der Waals surface area contributed by atoms with Crippen molar-refractivity contribution in [3.05, 3.63) is 47.7 Å². The van der Waals surface area contributed by atoms with E-state index in [2.05, 4.69) is 44.7 Å². The van der Waals surface area contributed by atoms with Crippen LogP contribution in [0.15, 0.2) is 42.0 Å². The second-order valence-electron chi connectivity index (χ2n) is 7.13. The largest absolute Gasteiger partial charge is 0.362 e. The van der Waals surface area contributed by atoms with E-state index in [4.69, 9.17) is 0 Å². The van der Waals surface area contributed by atoms with Gasteiger partial charge in [-0.3, -0.25) is 4.79 Å². The summed E-state index contributed by atoms with van der Waals surface area (Å²) in [6.45, 7) is 4.70. The van der Waals surface area contributed by atoms with Gasteiger partial charge in [-0.25, -0.2) is 15.0 Å². The molecule has 144 valence electrons. The Balaban J connectivity index is 1.47. The van der Waals surface area contributed by atoms with E-state index in [9.17, 15) is 4.79 Å². The van der Waals surface area contributed by atoms with Crippen LogP contribution < -0.4 is 16.0 Å². The number of carbonyl (C=O) groups is 1. The minimum atomic E-state index is -0.276. The van der Waals surface area contributed by atoms with Gasteiger partial charge in [0.15, 0.2) is 11.6 Å². The highest BCUT2D eigenvalue weighted by molar-refractivity contribution is 7.13. The molecule has 1 aromatic carbocycles. The molecule has 1 unspecified atom stereocenters. The topological polar surface area (TPSA) is 91.8 Å². The minimum absolute atomic E-state index is 0.0564. The maximum atomic E-state index is 12.4. The monoisotopic (exact) mass is 394 g/mol. The molecule has 1 aliphatic heterocycles. The third-order valence-electron chi connectivity index (χ3n) is 4.44. The fourth-order valence-corrected chi connectivity index (χ4v) is 3.93. The molecule has 0 saturated carbocycles. The van der Waals surface area contributed by atoms with E-state index in [1.54, 1.807) is 11.3 Å². The molecule has 28 heavy (non-hydrogen) atoms. The van der Waals surface area contributed by atoms with Crippen LogP contribution in [0.2, 0.25) is 0 Å². The average molecular weight is 395 g/mol. The van der Waals surface area contributed by atoms with Crippen LogP contribution in [0.4, 0.5) is 17.3 Å². The number of hydrogen-bond donors (Lipinski definition) is 3. The van der Waals surface area contributed by atoms with E-state index in [1.807, 2.05) is 35.7 Å². The van der Waals surface area contributed by atoms with Crippen LogP contribution in [-0.4, -0.2) is 26.9 Å². The quantitative estimate of drug-likeness (QED) is 0.585. The Kier molecular flexibility index (Phi) is 5.21. The maximum absolute atomic E-state index is 12.4. The lowest BCUT2D eigenvalue weighted by atomic mass is 10.0. The van der Waals surface area contributed by atoms with Crippen molar-refractivity contribution < 1.29 is 4.79 Å². The van der Waals surface area contributed by atoms with Crippen molar-refractivity contribution in [1.82, 2.24) is 15.0 Å². The molecule has 1 atom stereocenters. The highest BCUT2D eigenvalue weighted by atomic mass is 32.1. The molecular formula is C20H22N6OS. The van der Waals surface area contributed by atoms with E-state index in [0.29, 0.717) is 29.8 Å². The normalized spacial score (nSPS) is 15.7. The van der Waals surface area contributed by atoms with Gasteiger partial charge in [0.2, 0.25) is 5.91 Å². The molecule has 1 amide bonds. The summed E-state index contributed by atoms with van der Waals surface area (Å²) < 4.78 is 0. The molecule has 2 aromatic heterocycles. The molecule has 3 heterocycles. The molecule has 1 aliphatic rings. The molecule has 0 radical (unpaired) electrons. The SMILES string of the molecule is CC(C)CC1Nc2ncnc(NCc3csc(-c4ccccc4)n3)c2NC1=O. The molecule has 0 saturated heterocycles. The van der Waals surface area contributed by atoms with E-state index in [-0.39, 0.29) is 11.9 Å². The molecule has 0 aliphatic carbocycles. The summed E-state index contributed by atoms with van der Waals surface area (Å²) in [7, 11) is 0. The number of carbonyl (C=O) groups excluding carboxylic acids is 1. The fraction of sp³-hybridized carbons (Fsp3) is 0.300. The third-order valence-corrected chi connectivity index (χ3v) is 5.38. The van der Waals surface area contributed by atoms with Crippen LogP contribution in [0.5, 0.6) is 0 Å². The van der Waals surface area contributed by atoms with Crippen molar-refractivity contribution in [3.63, 3.8) is 0 Å². The first-order valence-corrected chi connectivity index (χ1v) is 10.1. The summed E-state index contributed by atoms with van der Waals surface area (Å²) in [6.07, 6.45) is 2.24. The molecule has 3 aromatic rings. The summed E-state index contributed by atoms with van der Waals surface area (Å²) in [5.41, 5.74) is 2.61. The van der Waals surface area contributed by atoms with E-state index in [0.717, 1.165) is 22.7 Å². The number of fused-ring (bicyclic) bond motifs is 1. The lowest BCUT2D eigenvalue weighted by Crippen LogP contribution is -2.40. The highest BCUT2D eigenvalue weighted by Crippen LogP contribution is 2.32. The zero-order valence-electron chi connectivity index (χ0n) is 15.8. The van der Waals surface area contributed by atoms with E-state index in [1.165, 1.54) is 6.33 Å². The summed E-state index contributed by atoms with van der Waals surface area (Å²) in [5.74, 6) is 1.58. The molecule has 0 fully saturated rings. The third kappa shape index (κ3) is 3.96. The second-order valence-corrected chi connectivity index (χ2v) is 7.98. The number of rotatable bonds is 6. The standard InChI is InChI=1S/C20H22N6OS/c1-12(2)8-15-19(27)26-16-17(22-11-23-18(16)25-15)21-9-14-10-28-20(24-14)13-6-4-3-5-7-13/h3-7,10-12,15H,8-9H2,1-2H3,(H,26,27)(H2,21,22,23,25). The molecule has 7 nitrogen and oxygen atoms in total. The van der Waals surface area contributed by atoms with Gasteiger partial charge in [0.25, 0.3) is 0 Å². The Morgan fingerprint density at radius 3 is 2.82 bits per heavy atom. The van der Waals surface area contributed by atoms with Gasteiger partial charge in [-0.15, -0.1) is 11.3 Å². The Morgan fingerprint density at radius 2 is 2.04 bits per heavy atom. The van der Waals surface area contributed by atoms with Crippen LogP contribution in [0.25, 0.3) is 10.6 Å². The van der Waals surface area contributed by atoms with E-state index >= 15 is 0 Å². The number of aromatic nitrogens is 3. The fourth-order valence-electron chi connectivity index (χ4n) is 3.10. The molecule has 0 bridgehead atoms. The van der Waals surface area contributed by atoms with Gasteiger partial charge in [0.05, 0.1) is 12.2 Å². The van der Waals surface area contributed by atoms with Crippen molar-refractivity contribution in [2.75, 3.05) is 16.0 Å². The number of amides is 1. The molecule has 4 rings (SSSR count). The minimum Gasteiger partial charge on any atom is -0.362 e. The maximum Gasteiger partial charge on any atom is 0.247 e. The highest BCUT2D eigenvalue weighted by Gasteiger charge is 2.29. The van der Waals surface area contributed by atoms with Crippen LogP contribution in [0.3, 0.4) is 0 Å². The number of nitrogens with one attached hydrogen (secondary N) is 3. The molecule has 8 heteroatoms. The van der Waals surface area contributed by atoms with Gasteiger partial charge in [-0.1, -0.05) is 44.2 Å². The van der Waals surface area contributed by atoms with Gasteiger partial charge in [-0.2, -0.15) is 0 Å². The van der Waals surface area contributed by atoms with Crippen LogP contribution in [0, 0.1) is 5.92 Å². The summed E-state index contributed by atoms with van der Waals surface area (Å²) in [5, 5.41) is 12.4. The van der Waals surface area contributed by atoms with E-state index < -0.39 is 0 Å². The van der Waals surface area contributed by atoms with Crippen molar-refractivity contribution in [2.45, 2.75) is 32.9 Å². The predicted molar refractivity (Wildman–Crippen MR) is 112 cm³/mol.